The summed E-state index contributed by atoms with van der Waals surface area (Å²) in [4.78, 5) is 49.5. The molecule has 2 aliphatic heterocycles. The van der Waals surface area contributed by atoms with Crippen LogP contribution in [0.15, 0.2) is 0 Å². The molecule has 2 rings (SSSR count). The molecule has 12 nitrogen and oxygen atoms in total. The van der Waals surface area contributed by atoms with Gasteiger partial charge in [0.15, 0.2) is 0 Å². The van der Waals surface area contributed by atoms with Gasteiger partial charge in [0.05, 0.1) is 13.1 Å². The fourth-order valence-electron chi connectivity index (χ4n) is 2.97. The highest BCUT2D eigenvalue weighted by atomic mass is 16.6. The summed E-state index contributed by atoms with van der Waals surface area (Å²) in [6, 6.07) is 0. The van der Waals surface area contributed by atoms with Crippen LogP contribution in [0.25, 0.3) is 0 Å². The van der Waals surface area contributed by atoms with Crippen LogP contribution in [0.3, 0.4) is 0 Å². The summed E-state index contributed by atoms with van der Waals surface area (Å²) in [5.41, 5.74) is 4.88. The Labute approximate surface area is 183 Å². The van der Waals surface area contributed by atoms with E-state index in [9.17, 15) is 19.2 Å². The fraction of sp³-hybridized carbons (Fsp3) is 0.789. The van der Waals surface area contributed by atoms with Crippen molar-refractivity contribution in [3.8, 4) is 0 Å². The summed E-state index contributed by atoms with van der Waals surface area (Å²) in [7, 11) is 0. The van der Waals surface area contributed by atoms with E-state index in [1.165, 1.54) is 4.90 Å². The Morgan fingerprint density at radius 2 is 1.81 bits per heavy atom. The van der Waals surface area contributed by atoms with Crippen LogP contribution in [0.5, 0.6) is 0 Å². The summed E-state index contributed by atoms with van der Waals surface area (Å²) in [5, 5.41) is 13.9. The van der Waals surface area contributed by atoms with Gasteiger partial charge in [-0.1, -0.05) is 0 Å². The maximum absolute atomic E-state index is 11.4. The van der Waals surface area contributed by atoms with Crippen molar-refractivity contribution >= 4 is 23.9 Å². The van der Waals surface area contributed by atoms with E-state index in [4.69, 9.17) is 15.6 Å². The maximum Gasteiger partial charge on any atom is 0.407 e. The van der Waals surface area contributed by atoms with Crippen molar-refractivity contribution in [2.45, 2.75) is 26.4 Å². The largest absolute Gasteiger partial charge is 0.480 e. The summed E-state index contributed by atoms with van der Waals surface area (Å²) in [6.45, 7) is 11.0. The van der Waals surface area contributed by atoms with Crippen molar-refractivity contribution in [2.75, 3.05) is 72.0 Å². The number of carboxylic acid groups (broad SMARTS) is 1. The molecule has 12 heteroatoms. The monoisotopic (exact) mass is 444 g/mol. The molecule has 0 radical (unpaired) electrons. The van der Waals surface area contributed by atoms with Crippen LogP contribution in [0.4, 0.5) is 4.79 Å². The van der Waals surface area contributed by atoms with Gasteiger partial charge < -0.3 is 31.1 Å². The molecule has 2 heterocycles. The molecule has 178 valence electrons. The molecule has 5 N–H and O–H groups in total. The molecule has 0 bridgehead atoms. The van der Waals surface area contributed by atoms with E-state index in [0.717, 1.165) is 6.54 Å². The number of hydrogen-bond donors (Lipinski definition) is 4. The van der Waals surface area contributed by atoms with Crippen LogP contribution in [0.1, 0.15) is 20.8 Å². The van der Waals surface area contributed by atoms with Gasteiger partial charge >= 0.3 is 12.1 Å². The Morgan fingerprint density at radius 3 is 2.35 bits per heavy atom. The maximum atomic E-state index is 11.4. The van der Waals surface area contributed by atoms with Crippen LogP contribution < -0.4 is 16.4 Å². The van der Waals surface area contributed by atoms with Gasteiger partial charge in [0, 0.05) is 52.4 Å². The number of rotatable bonds is 7. The SMILES string of the molecule is CC(C)(C)OC(=O)NCCN1CCNC(=O)C1.NCCN1CCN(CC(=O)O)C(=O)C1. The lowest BCUT2D eigenvalue weighted by atomic mass is 10.2. The van der Waals surface area contributed by atoms with Gasteiger partial charge in [-0.3, -0.25) is 24.2 Å². The van der Waals surface area contributed by atoms with E-state index >= 15 is 0 Å². The molecule has 0 aromatic rings. The van der Waals surface area contributed by atoms with E-state index in [1.54, 1.807) is 0 Å². The molecule has 0 aromatic carbocycles. The predicted molar refractivity (Wildman–Crippen MR) is 113 cm³/mol. The Balaban J connectivity index is 0.000000316. The molecule has 0 unspecified atom stereocenters. The first-order chi connectivity index (χ1) is 14.5. The third kappa shape index (κ3) is 12.1. The molecule has 0 aliphatic carbocycles. The lowest BCUT2D eigenvalue weighted by molar-refractivity contribution is -0.147. The average Bonchev–Trinajstić information content (AvgIpc) is 2.63. The van der Waals surface area contributed by atoms with Crippen LogP contribution in [-0.4, -0.2) is 121 Å². The Morgan fingerprint density at radius 1 is 1.13 bits per heavy atom. The van der Waals surface area contributed by atoms with E-state index in [2.05, 4.69) is 10.6 Å². The van der Waals surface area contributed by atoms with Crippen LogP contribution >= 0.6 is 0 Å². The van der Waals surface area contributed by atoms with Crippen LogP contribution in [0.2, 0.25) is 0 Å². The molecule has 2 fully saturated rings. The third-order valence-corrected chi connectivity index (χ3v) is 4.38. The van der Waals surface area contributed by atoms with Crippen LogP contribution in [-0.2, 0) is 19.1 Å². The van der Waals surface area contributed by atoms with Gasteiger partial charge in [-0.05, 0) is 20.8 Å². The Hall–Kier alpha value is -2.44. The highest BCUT2D eigenvalue weighted by Gasteiger charge is 2.24. The quantitative estimate of drug-likeness (QED) is 0.352. The number of carbonyl (C=O) groups is 4. The molecular formula is C19H36N6O6. The molecule has 2 aliphatic rings. The smallest absolute Gasteiger partial charge is 0.407 e. The molecule has 31 heavy (non-hydrogen) atoms. The highest BCUT2D eigenvalue weighted by Crippen LogP contribution is 2.06. The van der Waals surface area contributed by atoms with Crippen molar-refractivity contribution in [3.05, 3.63) is 0 Å². The van der Waals surface area contributed by atoms with Crippen molar-refractivity contribution < 1.29 is 29.0 Å². The van der Waals surface area contributed by atoms with Gasteiger partial charge in [-0.25, -0.2) is 4.79 Å². The Kier molecular flexibility index (Phi) is 11.2. The zero-order valence-corrected chi connectivity index (χ0v) is 18.7. The number of hydrogen-bond acceptors (Lipinski definition) is 8. The number of alkyl carbamates (subject to hydrolysis) is 1. The van der Waals surface area contributed by atoms with E-state index in [1.807, 2.05) is 30.6 Å². The number of amides is 3. The van der Waals surface area contributed by atoms with Crippen molar-refractivity contribution in [1.29, 1.82) is 0 Å². The molecule has 0 spiro atoms. The first-order valence-corrected chi connectivity index (χ1v) is 10.4. The first kappa shape index (κ1) is 26.6. The van der Waals surface area contributed by atoms with Gasteiger partial charge in [0.1, 0.15) is 12.1 Å². The summed E-state index contributed by atoms with van der Waals surface area (Å²) < 4.78 is 5.10. The number of nitrogens with two attached hydrogens (primary N) is 1. The standard InChI is InChI=1S/C11H21N3O3.C8H15N3O3/c1-11(2,3)17-10(16)13-5-7-14-6-4-12-9(15)8-14;9-1-2-10-3-4-11(6-8(13)14)7(12)5-10/h4-8H2,1-3H3,(H,12,15)(H,13,16);1-6,9H2,(H,13,14). The van der Waals surface area contributed by atoms with E-state index < -0.39 is 17.7 Å². The number of ether oxygens (including phenoxy) is 1. The lowest BCUT2D eigenvalue weighted by Gasteiger charge is -2.32. The third-order valence-electron chi connectivity index (χ3n) is 4.38. The van der Waals surface area contributed by atoms with Crippen molar-refractivity contribution in [1.82, 2.24) is 25.3 Å². The molecule has 0 aromatic heterocycles. The van der Waals surface area contributed by atoms with Gasteiger partial charge in [-0.15, -0.1) is 0 Å². The van der Waals surface area contributed by atoms with Crippen molar-refractivity contribution in [3.63, 3.8) is 0 Å². The summed E-state index contributed by atoms with van der Waals surface area (Å²) in [5.74, 6) is -1.06. The lowest BCUT2D eigenvalue weighted by Crippen LogP contribution is -2.52. The normalized spacial score (nSPS) is 18.0. The first-order valence-electron chi connectivity index (χ1n) is 10.4. The minimum absolute atomic E-state index is 0.0357. The minimum atomic E-state index is -0.967. The molecular weight excluding hydrogens is 408 g/mol. The van der Waals surface area contributed by atoms with Gasteiger partial charge in [0.2, 0.25) is 11.8 Å². The number of carboxylic acids is 1. The van der Waals surface area contributed by atoms with Gasteiger partial charge in [0.25, 0.3) is 0 Å². The van der Waals surface area contributed by atoms with Crippen molar-refractivity contribution in [2.24, 2.45) is 5.73 Å². The Bertz CT molecular complexity index is 623. The zero-order chi connectivity index (χ0) is 23.4. The van der Waals surface area contributed by atoms with E-state index in [0.29, 0.717) is 52.4 Å². The molecule has 0 saturated carbocycles. The highest BCUT2D eigenvalue weighted by molar-refractivity contribution is 5.83. The van der Waals surface area contributed by atoms with Gasteiger partial charge in [-0.2, -0.15) is 0 Å². The fourth-order valence-corrected chi connectivity index (χ4v) is 2.97. The number of nitrogens with one attached hydrogen (secondary N) is 2. The molecule has 2 saturated heterocycles. The predicted octanol–water partition coefficient (Wildman–Crippen LogP) is -1.88. The number of carbonyl (C=O) groups excluding carboxylic acids is 3. The molecule has 0 atom stereocenters. The number of aliphatic carboxylic acids is 1. The second kappa shape index (κ2) is 13.1. The van der Waals surface area contributed by atoms with Crippen LogP contribution in [0, 0.1) is 0 Å². The zero-order valence-electron chi connectivity index (χ0n) is 18.7. The second-order valence-electron chi connectivity index (χ2n) is 8.33. The molecule has 3 amide bonds. The number of piperazine rings is 2. The number of nitrogens with zero attached hydrogens (tertiary/aromatic N) is 3. The topological polar surface area (TPSA) is 158 Å². The average molecular weight is 445 g/mol. The summed E-state index contributed by atoms with van der Waals surface area (Å²) >= 11 is 0. The second-order valence-corrected chi connectivity index (χ2v) is 8.33. The van der Waals surface area contributed by atoms with E-state index in [-0.39, 0.29) is 24.9 Å². The summed E-state index contributed by atoms with van der Waals surface area (Å²) in [6.07, 6.45) is -0.418. The minimum Gasteiger partial charge on any atom is -0.480 e.